The van der Waals surface area contributed by atoms with Crippen LogP contribution in [0.4, 0.5) is 0 Å². The third-order valence-corrected chi connectivity index (χ3v) is 5.47. The molecule has 3 rings (SSSR count). The Morgan fingerprint density at radius 2 is 1.77 bits per heavy atom. The lowest BCUT2D eigenvalue weighted by Crippen LogP contribution is -2.06. The topological polar surface area (TPSA) is 69.2 Å². The van der Waals surface area contributed by atoms with Crippen LogP contribution in [0.2, 0.25) is 0 Å². The fraction of sp³-hybridized carbons (Fsp3) is 0.130. The maximum atomic E-state index is 5.94. The first kappa shape index (κ1) is 21.9. The third-order valence-electron chi connectivity index (χ3n) is 4.09. The molecule has 0 aromatic heterocycles. The standard InChI is InChI=1S/C23H22BrN3O2S/c1-28-21-12-9-19(13-22(21)29-15-17-7-10-20(24)11-8-17)14-26-27-23(25)30-16-18-5-3-2-4-6-18/h2-14H,15-16H2,1H3,(H2,25,27). The highest BCUT2D eigenvalue weighted by atomic mass is 79.9. The minimum absolute atomic E-state index is 0.412. The van der Waals surface area contributed by atoms with Gasteiger partial charge in [0, 0.05) is 10.2 Å². The monoisotopic (exact) mass is 483 g/mol. The van der Waals surface area contributed by atoms with Crippen molar-refractivity contribution in [3.8, 4) is 11.5 Å². The molecule has 3 aromatic carbocycles. The van der Waals surface area contributed by atoms with Crippen LogP contribution in [0.1, 0.15) is 16.7 Å². The Bertz CT molecular complexity index is 1010. The van der Waals surface area contributed by atoms with Crippen molar-refractivity contribution in [2.75, 3.05) is 7.11 Å². The molecule has 2 N–H and O–H groups in total. The van der Waals surface area contributed by atoms with E-state index in [1.165, 1.54) is 17.3 Å². The van der Waals surface area contributed by atoms with Gasteiger partial charge in [0.25, 0.3) is 0 Å². The van der Waals surface area contributed by atoms with Crippen molar-refractivity contribution in [2.24, 2.45) is 15.9 Å². The summed E-state index contributed by atoms with van der Waals surface area (Å²) in [5, 5.41) is 8.57. The van der Waals surface area contributed by atoms with Crippen molar-refractivity contribution < 1.29 is 9.47 Å². The Labute approximate surface area is 189 Å². The van der Waals surface area contributed by atoms with E-state index in [2.05, 4.69) is 38.3 Å². The summed E-state index contributed by atoms with van der Waals surface area (Å²) >= 11 is 4.88. The number of methoxy groups -OCH3 is 1. The number of benzene rings is 3. The normalized spacial score (nSPS) is 11.6. The minimum Gasteiger partial charge on any atom is -0.493 e. The summed E-state index contributed by atoms with van der Waals surface area (Å²) in [7, 11) is 1.62. The van der Waals surface area contributed by atoms with Crippen LogP contribution >= 0.6 is 27.7 Å². The number of amidine groups is 1. The number of rotatable bonds is 8. The number of ether oxygens (including phenoxy) is 2. The van der Waals surface area contributed by atoms with Gasteiger partial charge in [0.15, 0.2) is 16.7 Å². The summed E-state index contributed by atoms with van der Waals surface area (Å²) in [6, 6.07) is 23.7. The Hall–Kier alpha value is -2.77. The second-order valence-corrected chi connectivity index (χ2v) is 8.19. The van der Waals surface area contributed by atoms with Gasteiger partial charge in [0.1, 0.15) is 6.61 Å². The lowest BCUT2D eigenvalue weighted by Gasteiger charge is -2.11. The van der Waals surface area contributed by atoms with Gasteiger partial charge >= 0.3 is 0 Å². The largest absolute Gasteiger partial charge is 0.493 e. The van der Waals surface area contributed by atoms with Crippen molar-refractivity contribution in [1.29, 1.82) is 0 Å². The Kier molecular flexibility index (Phi) is 8.35. The van der Waals surface area contributed by atoms with E-state index in [4.69, 9.17) is 15.2 Å². The zero-order chi connectivity index (χ0) is 21.2. The first-order valence-electron chi connectivity index (χ1n) is 9.22. The van der Waals surface area contributed by atoms with Crippen LogP contribution < -0.4 is 15.2 Å². The Balaban J connectivity index is 1.61. The van der Waals surface area contributed by atoms with Crippen molar-refractivity contribution in [3.63, 3.8) is 0 Å². The molecule has 30 heavy (non-hydrogen) atoms. The molecule has 0 aliphatic heterocycles. The molecule has 0 fully saturated rings. The van der Waals surface area contributed by atoms with E-state index < -0.39 is 0 Å². The summed E-state index contributed by atoms with van der Waals surface area (Å²) in [6.07, 6.45) is 1.64. The molecule has 0 amide bonds. The average molecular weight is 484 g/mol. The van der Waals surface area contributed by atoms with Crippen LogP contribution in [-0.2, 0) is 12.4 Å². The van der Waals surface area contributed by atoms with E-state index in [9.17, 15) is 0 Å². The number of hydrogen-bond donors (Lipinski definition) is 1. The fourth-order valence-electron chi connectivity index (χ4n) is 2.54. The predicted molar refractivity (Wildman–Crippen MR) is 128 cm³/mol. The van der Waals surface area contributed by atoms with Crippen LogP contribution in [0, 0.1) is 0 Å². The molecule has 0 saturated carbocycles. The zero-order valence-corrected chi connectivity index (χ0v) is 18.9. The molecule has 0 aliphatic rings. The highest BCUT2D eigenvalue weighted by Crippen LogP contribution is 2.28. The van der Waals surface area contributed by atoms with Crippen LogP contribution in [-0.4, -0.2) is 18.5 Å². The fourth-order valence-corrected chi connectivity index (χ4v) is 3.42. The molecular weight excluding hydrogens is 462 g/mol. The van der Waals surface area contributed by atoms with E-state index in [1.807, 2.05) is 60.7 Å². The summed E-state index contributed by atoms with van der Waals surface area (Å²) in [5.41, 5.74) is 9.02. The molecule has 0 saturated heterocycles. The minimum atomic E-state index is 0.412. The summed E-state index contributed by atoms with van der Waals surface area (Å²) in [5.74, 6) is 2.05. The molecule has 0 radical (unpaired) electrons. The zero-order valence-electron chi connectivity index (χ0n) is 16.5. The average Bonchev–Trinajstić information content (AvgIpc) is 2.78. The molecule has 0 spiro atoms. The molecular formula is C23H22BrN3O2S. The van der Waals surface area contributed by atoms with E-state index in [-0.39, 0.29) is 0 Å². The van der Waals surface area contributed by atoms with Gasteiger partial charge in [0.2, 0.25) is 0 Å². The van der Waals surface area contributed by atoms with E-state index >= 15 is 0 Å². The van der Waals surface area contributed by atoms with E-state index in [1.54, 1.807) is 13.3 Å². The van der Waals surface area contributed by atoms with Crippen LogP contribution in [0.5, 0.6) is 11.5 Å². The van der Waals surface area contributed by atoms with Gasteiger partial charge in [-0.2, -0.15) is 5.10 Å². The first-order chi connectivity index (χ1) is 14.6. The van der Waals surface area contributed by atoms with Crippen LogP contribution in [0.3, 0.4) is 0 Å². The van der Waals surface area contributed by atoms with E-state index in [0.29, 0.717) is 23.3 Å². The molecule has 5 nitrogen and oxygen atoms in total. The van der Waals surface area contributed by atoms with Gasteiger partial charge in [-0.05, 0) is 47.0 Å². The maximum Gasteiger partial charge on any atom is 0.180 e. The number of nitrogens with zero attached hydrogens (tertiary/aromatic N) is 2. The number of halogens is 1. The van der Waals surface area contributed by atoms with Crippen molar-refractivity contribution in [1.82, 2.24) is 0 Å². The Morgan fingerprint density at radius 3 is 2.50 bits per heavy atom. The SMILES string of the molecule is COc1ccc(C=NN=C(N)SCc2ccccc2)cc1OCc1ccc(Br)cc1. The predicted octanol–water partition coefficient (Wildman–Crippen LogP) is 5.62. The lowest BCUT2D eigenvalue weighted by atomic mass is 10.2. The Morgan fingerprint density at radius 1 is 1.00 bits per heavy atom. The summed E-state index contributed by atoms with van der Waals surface area (Å²) in [6.45, 7) is 0.436. The second kappa shape index (κ2) is 11.4. The molecule has 0 heterocycles. The van der Waals surface area contributed by atoms with Gasteiger partial charge in [-0.15, -0.1) is 5.10 Å². The second-order valence-electron chi connectivity index (χ2n) is 6.28. The molecule has 0 unspecified atom stereocenters. The van der Waals surface area contributed by atoms with E-state index in [0.717, 1.165) is 21.4 Å². The van der Waals surface area contributed by atoms with Gasteiger partial charge in [-0.3, -0.25) is 0 Å². The van der Waals surface area contributed by atoms with Gasteiger partial charge in [-0.1, -0.05) is 70.2 Å². The van der Waals surface area contributed by atoms with Gasteiger partial charge in [-0.25, -0.2) is 0 Å². The first-order valence-corrected chi connectivity index (χ1v) is 11.0. The highest BCUT2D eigenvalue weighted by Gasteiger charge is 2.06. The number of hydrogen-bond acceptors (Lipinski definition) is 5. The number of thioether (sulfide) groups is 1. The molecule has 3 aromatic rings. The summed E-state index contributed by atoms with van der Waals surface area (Å²) in [4.78, 5) is 0. The van der Waals surface area contributed by atoms with Gasteiger partial charge in [0.05, 0.1) is 13.3 Å². The number of nitrogens with two attached hydrogens (primary N) is 1. The van der Waals surface area contributed by atoms with Crippen molar-refractivity contribution in [2.45, 2.75) is 12.4 Å². The smallest absolute Gasteiger partial charge is 0.180 e. The maximum absolute atomic E-state index is 5.94. The molecule has 0 bridgehead atoms. The lowest BCUT2D eigenvalue weighted by molar-refractivity contribution is 0.284. The quantitative estimate of drug-likeness (QED) is 0.256. The molecule has 154 valence electrons. The molecule has 0 atom stereocenters. The summed E-state index contributed by atoms with van der Waals surface area (Å²) < 4.78 is 12.4. The molecule has 0 aliphatic carbocycles. The van der Waals surface area contributed by atoms with Crippen molar-refractivity contribution in [3.05, 3.63) is 94.0 Å². The van der Waals surface area contributed by atoms with Crippen molar-refractivity contribution >= 4 is 39.1 Å². The third kappa shape index (κ3) is 6.93. The highest BCUT2D eigenvalue weighted by molar-refractivity contribution is 9.10. The van der Waals surface area contributed by atoms with Gasteiger partial charge < -0.3 is 15.2 Å². The molecule has 7 heteroatoms. The van der Waals surface area contributed by atoms with Crippen LogP contribution in [0.15, 0.2) is 87.5 Å². The van der Waals surface area contributed by atoms with Crippen LogP contribution in [0.25, 0.3) is 0 Å².